The molecule has 4 heteroatoms. The number of nitrogens with zero attached hydrogens (tertiary/aromatic N) is 1. The van der Waals surface area contributed by atoms with Crippen molar-refractivity contribution >= 4 is 6.03 Å². The van der Waals surface area contributed by atoms with Gasteiger partial charge in [0.1, 0.15) is 5.75 Å². The van der Waals surface area contributed by atoms with E-state index in [9.17, 15) is 4.79 Å². The molecule has 2 aromatic rings. The van der Waals surface area contributed by atoms with E-state index >= 15 is 0 Å². The largest absolute Gasteiger partial charge is 0.497 e. The number of methoxy groups -OCH3 is 1. The Kier molecular flexibility index (Phi) is 6.04. The van der Waals surface area contributed by atoms with Crippen molar-refractivity contribution in [1.29, 1.82) is 0 Å². The minimum atomic E-state index is -0.426. The molecule has 3 rings (SSSR count). The Labute approximate surface area is 162 Å². The van der Waals surface area contributed by atoms with E-state index in [4.69, 9.17) is 4.74 Å². The average Bonchev–Trinajstić information content (AvgIpc) is 2.69. The molecule has 1 aliphatic heterocycles. The fraction of sp³-hybridized carbons (Fsp3) is 0.435. The van der Waals surface area contributed by atoms with E-state index in [1.165, 1.54) is 5.56 Å². The van der Waals surface area contributed by atoms with Gasteiger partial charge in [0, 0.05) is 13.1 Å². The Bertz CT molecular complexity index is 733. The van der Waals surface area contributed by atoms with Crippen LogP contribution < -0.4 is 10.1 Å². The zero-order chi connectivity index (χ0) is 19.3. The van der Waals surface area contributed by atoms with Gasteiger partial charge in [0.25, 0.3) is 0 Å². The maximum Gasteiger partial charge on any atom is 0.318 e. The maximum atomic E-state index is 12.8. The lowest BCUT2D eigenvalue weighted by atomic mass is 9.90. The fourth-order valence-corrected chi connectivity index (χ4v) is 3.71. The third kappa shape index (κ3) is 5.03. The van der Waals surface area contributed by atoms with Gasteiger partial charge in [0.15, 0.2) is 0 Å². The van der Waals surface area contributed by atoms with Crippen LogP contribution in [0.25, 0.3) is 0 Å². The van der Waals surface area contributed by atoms with Crippen molar-refractivity contribution in [2.75, 3.05) is 20.2 Å². The van der Waals surface area contributed by atoms with Crippen LogP contribution in [0.15, 0.2) is 54.6 Å². The summed E-state index contributed by atoms with van der Waals surface area (Å²) in [6.45, 7) is 5.72. The lowest BCUT2D eigenvalue weighted by molar-refractivity contribution is 0.161. The van der Waals surface area contributed by atoms with Crippen LogP contribution in [0.5, 0.6) is 5.75 Å². The van der Waals surface area contributed by atoms with Crippen molar-refractivity contribution in [3.8, 4) is 5.75 Å². The van der Waals surface area contributed by atoms with Gasteiger partial charge in [-0.1, -0.05) is 42.5 Å². The molecule has 0 unspecified atom stereocenters. The Hall–Kier alpha value is -2.49. The van der Waals surface area contributed by atoms with Crippen LogP contribution in [0.4, 0.5) is 4.79 Å². The molecule has 144 valence electrons. The molecule has 4 nitrogen and oxygen atoms in total. The fourth-order valence-electron chi connectivity index (χ4n) is 3.71. The van der Waals surface area contributed by atoms with Crippen LogP contribution in [-0.4, -0.2) is 31.1 Å². The summed E-state index contributed by atoms with van der Waals surface area (Å²) < 4.78 is 5.22. The van der Waals surface area contributed by atoms with Crippen molar-refractivity contribution in [3.05, 3.63) is 65.7 Å². The van der Waals surface area contributed by atoms with Crippen molar-refractivity contribution in [1.82, 2.24) is 10.2 Å². The second-order valence-electron chi connectivity index (χ2n) is 7.90. The molecule has 0 radical (unpaired) electrons. The normalized spacial score (nSPS) is 15.4. The number of piperidine rings is 1. The van der Waals surface area contributed by atoms with E-state index in [2.05, 4.69) is 35.6 Å². The summed E-state index contributed by atoms with van der Waals surface area (Å²) in [5.41, 5.74) is 2.03. The first kappa shape index (κ1) is 19.3. The molecule has 2 amide bonds. The van der Waals surface area contributed by atoms with E-state index in [-0.39, 0.29) is 6.03 Å². The maximum absolute atomic E-state index is 12.8. The van der Waals surface area contributed by atoms with Crippen molar-refractivity contribution < 1.29 is 9.53 Å². The third-order valence-electron chi connectivity index (χ3n) is 5.50. The van der Waals surface area contributed by atoms with Gasteiger partial charge < -0.3 is 15.0 Å². The van der Waals surface area contributed by atoms with E-state index in [0.29, 0.717) is 5.92 Å². The molecule has 27 heavy (non-hydrogen) atoms. The molecule has 1 fully saturated rings. The molecule has 1 N–H and O–H groups in total. The summed E-state index contributed by atoms with van der Waals surface area (Å²) in [5, 5.41) is 3.19. The first-order valence-electron chi connectivity index (χ1n) is 9.73. The molecule has 2 aromatic carbocycles. The molecule has 1 saturated heterocycles. The van der Waals surface area contributed by atoms with Gasteiger partial charge in [0.05, 0.1) is 12.6 Å². The quantitative estimate of drug-likeness (QED) is 0.840. The lowest BCUT2D eigenvalue weighted by Gasteiger charge is -2.35. The zero-order valence-corrected chi connectivity index (χ0v) is 16.6. The van der Waals surface area contributed by atoms with Gasteiger partial charge >= 0.3 is 6.03 Å². The van der Waals surface area contributed by atoms with Crippen LogP contribution in [0.2, 0.25) is 0 Å². The molecular formula is C23H30N2O2. The van der Waals surface area contributed by atoms with Gasteiger partial charge in [0.2, 0.25) is 0 Å². The van der Waals surface area contributed by atoms with Crippen molar-refractivity contribution in [2.24, 2.45) is 5.92 Å². The molecule has 0 bridgehead atoms. The number of urea groups is 1. The van der Waals surface area contributed by atoms with E-state index in [1.807, 2.05) is 43.0 Å². The molecule has 0 saturated carbocycles. The summed E-state index contributed by atoms with van der Waals surface area (Å²) in [6.07, 6.45) is 3.23. The number of hydrogen-bond acceptors (Lipinski definition) is 2. The second-order valence-corrected chi connectivity index (χ2v) is 7.90. The predicted octanol–water partition coefficient (Wildman–Crippen LogP) is 4.59. The standard InChI is InChI=1S/C23H30N2O2/c1-23(2,20-9-11-21(27-3)12-10-20)24-22(26)25-15-13-19(14-16-25)17-18-7-5-4-6-8-18/h4-12,19H,13-17H2,1-3H3,(H,24,26). The van der Waals surface area contributed by atoms with Gasteiger partial charge in [-0.05, 0) is 62.3 Å². The SMILES string of the molecule is COc1ccc(C(C)(C)NC(=O)N2CCC(Cc3ccccc3)CC2)cc1. The predicted molar refractivity (Wildman–Crippen MR) is 109 cm³/mol. The summed E-state index contributed by atoms with van der Waals surface area (Å²) in [4.78, 5) is 14.7. The number of amides is 2. The first-order chi connectivity index (χ1) is 13.0. The molecule has 0 aromatic heterocycles. The Morgan fingerprint density at radius 1 is 1.07 bits per heavy atom. The summed E-state index contributed by atoms with van der Waals surface area (Å²) >= 11 is 0. The van der Waals surface area contributed by atoms with Crippen LogP contribution in [0.3, 0.4) is 0 Å². The number of benzene rings is 2. The molecule has 0 aliphatic carbocycles. The highest BCUT2D eigenvalue weighted by Gasteiger charge is 2.28. The summed E-state index contributed by atoms with van der Waals surface area (Å²) in [6, 6.07) is 18.5. The number of carbonyl (C=O) groups is 1. The minimum absolute atomic E-state index is 0.0222. The number of carbonyl (C=O) groups excluding carboxylic acids is 1. The van der Waals surface area contributed by atoms with Crippen LogP contribution >= 0.6 is 0 Å². The molecule has 1 heterocycles. The highest BCUT2D eigenvalue weighted by atomic mass is 16.5. The van der Waals surface area contributed by atoms with Crippen LogP contribution in [0.1, 0.15) is 37.8 Å². The zero-order valence-electron chi connectivity index (χ0n) is 16.6. The van der Waals surface area contributed by atoms with E-state index in [0.717, 1.165) is 43.7 Å². The lowest BCUT2D eigenvalue weighted by Crippen LogP contribution is -2.50. The molecule has 1 aliphatic rings. The number of nitrogens with one attached hydrogen (secondary N) is 1. The summed E-state index contributed by atoms with van der Waals surface area (Å²) in [7, 11) is 1.66. The van der Waals surface area contributed by atoms with Crippen LogP contribution in [0, 0.1) is 5.92 Å². The molecule has 0 spiro atoms. The first-order valence-corrected chi connectivity index (χ1v) is 9.73. The number of rotatable bonds is 5. The number of hydrogen-bond donors (Lipinski definition) is 1. The molecule has 0 atom stereocenters. The molecular weight excluding hydrogens is 336 g/mol. The van der Waals surface area contributed by atoms with Gasteiger partial charge in [-0.15, -0.1) is 0 Å². The van der Waals surface area contributed by atoms with Crippen molar-refractivity contribution in [2.45, 2.75) is 38.6 Å². The smallest absolute Gasteiger partial charge is 0.318 e. The minimum Gasteiger partial charge on any atom is -0.497 e. The third-order valence-corrected chi connectivity index (χ3v) is 5.50. The highest BCUT2D eigenvalue weighted by Crippen LogP contribution is 2.25. The van der Waals surface area contributed by atoms with Crippen LogP contribution in [-0.2, 0) is 12.0 Å². The van der Waals surface area contributed by atoms with Gasteiger partial charge in [-0.3, -0.25) is 0 Å². The van der Waals surface area contributed by atoms with Gasteiger partial charge in [-0.25, -0.2) is 4.79 Å². The number of likely N-dealkylation sites (tertiary alicyclic amines) is 1. The second kappa shape index (κ2) is 8.47. The van der Waals surface area contributed by atoms with E-state index in [1.54, 1.807) is 7.11 Å². The van der Waals surface area contributed by atoms with E-state index < -0.39 is 5.54 Å². The van der Waals surface area contributed by atoms with Gasteiger partial charge in [-0.2, -0.15) is 0 Å². The summed E-state index contributed by atoms with van der Waals surface area (Å²) in [5.74, 6) is 1.48. The monoisotopic (exact) mass is 366 g/mol. The Morgan fingerprint density at radius 3 is 2.30 bits per heavy atom. The average molecular weight is 367 g/mol. The van der Waals surface area contributed by atoms with Crippen molar-refractivity contribution in [3.63, 3.8) is 0 Å². The topological polar surface area (TPSA) is 41.6 Å². The Morgan fingerprint density at radius 2 is 1.70 bits per heavy atom. The number of ether oxygens (including phenoxy) is 1. The highest BCUT2D eigenvalue weighted by molar-refractivity contribution is 5.75. The Balaban J connectivity index is 1.52.